The molecule has 2 aromatic heterocycles. The molecule has 11 nitrogen and oxygen atoms in total. The third-order valence-electron chi connectivity index (χ3n) is 9.82. The van der Waals surface area contributed by atoms with Gasteiger partial charge in [0.15, 0.2) is 0 Å². The number of nitrogens with zero attached hydrogens (tertiary/aromatic N) is 3. The van der Waals surface area contributed by atoms with Crippen molar-refractivity contribution in [3.8, 4) is 11.1 Å². The Morgan fingerprint density at radius 2 is 1.87 bits per heavy atom. The van der Waals surface area contributed by atoms with Gasteiger partial charge >= 0.3 is 0 Å². The highest BCUT2D eigenvalue weighted by Crippen LogP contribution is 2.32. The lowest BCUT2D eigenvalue weighted by Gasteiger charge is -2.31. The summed E-state index contributed by atoms with van der Waals surface area (Å²) in [6.45, 7) is 12.7. The number of nitrogens with one attached hydrogen (secondary N) is 6. The maximum Gasteiger partial charge on any atom is 0.270 e. The first-order valence-electron chi connectivity index (χ1n) is 18.8. The number of pyridine rings is 2. The van der Waals surface area contributed by atoms with Gasteiger partial charge < -0.3 is 36.7 Å². The van der Waals surface area contributed by atoms with E-state index in [-0.39, 0.29) is 30.0 Å². The van der Waals surface area contributed by atoms with Crippen LogP contribution >= 0.6 is 0 Å². The number of piperazine rings is 1. The van der Waals surface area contributed by atoms with Crippen LogP contribution in [0.3, 0.4) is 0 Å². The average molecular weight is 722 g/mol. The van der Waals surface area contributed by atoms with Gasteiger partial charge in [0.05, 0.1) is 11.3 Å². The number of carbonyl (C=O) groups is 1. The molecule has 2 aliphatic heterocycles. The maximum absolute atomic E-state index is 15.1. The summed E-state index contributed by atoms with van der Waals surface area (Å²) in [5.74, 6) is 0.607. The molecule has 0 saturated carbocycles. The molecule has 12 heteroatoms. The summed E-state index contributed by atoms with van der Waals surface area (Å²) in [4.78, 5) is 25.3. The van der Waals surface area contributed by atoms with Crippen molar-refractivity contribution >= 4 is 29.4 Å². The van der Waals surface area contributed by atoms with Gasteiger partial charge in [0, 0.05) is 94.1 Å². The predicted octanol–water partition coefficient (Wildman–Crippen LogP) is 6.20. The molecule has 2 fully saturated rings. The second kappa shape index (κ2) is 18.2. The average Bonchev–Trinajstić information content (AvgIpc) is 3.17. The SMILES string of the molecule is CCNc1nc(CC)c(CNc2cccc(C(=O)NCc3ccc(F)c(-c4cccc(CN5CCNC(C)C5)c4)c3)n2)c(NC2CCOCC2)c1C=N. The number of benzene rings is 2. The molecule has 0 radical (unpaired) electrons. The number of rotatable bonds is 15. The lowest BCUT2D eigenvalue weighted by molar-refractivity contribution is 0.0904. The molecule has 0 aliphatic carbocycles. The van der Waals surface area contributed by atoms with Crippen LogP contribution in [0.5, 0.6) is 0 Å². The predicted molar refractivity (Wildman–Crippen MR) is 210 cm³/mol. The number of carbonyl (C=O) groups excluding carboxylic acids is 1. The molecule has 53 heavy (non-hydrogen) atoms. The van der Waals surface area contributed by atoms with Crippen LogP contribution in [0.2, 0.25) is 0 Å². The Kier molecular flexibility index (Phi) is 13.0. The van der Waals surface area contributed by atoms with Gasteiger partial charge in [-0.2, -0.15) is 0 Å². The maximum atomic E-state index is 15.1. The fourth-order valence-electron chi connectivity index (χ4n) is 7.09. The first-order chi connectivity index (χ1) is 25.8. The van der Waals surface area contributed by atoms with Crippen molar-refractivity contribution in [1.82, 2.24) is 25.5 Å². The normalized spacial score (nSPS) is 16.6. The van der Waals surface area contributed by atoms with Crippen LogP contribution in [0.1, 0.15) is 72.0 Å². The Bertz CT molecular complexity index is 1880. The van der Waals surface area contributed by atoms with Gasteiger partial charge in [0.2, 0.25) is 0 Å². The fourth-order valence-corrected chi connectivity index (χ4v) is 7.09. The summed E-state index contributed by atoms with van der Waals surface area (Å²) in [7, 11) is 0. The van der Waals surface area contributed by atoms with E-state index >= 15 is 4.39 Å². The van der Waals surface area contributed by atoms with Gasteiger partial charge in [0.1, 0.15) is 23.1 Å². The van der Waals surface area contributed by atoms with E-state index in [2.05, 4.69) is 62.4 Å². The zero-order chi connectivity index (χ0) is 37.2. The molecule has 0 bridgehead atoms. The molecule has 1 atom stereocenters. The first-order valence-corrected chi connectivity index (χ1v) is 18.8. The lowest BCUT2D eigenvalue weighted by Crippen LogP contribution is -2.48. The van der Waals surface area contributed by atoms with Crippen molar-refractivity contribution in [1.29, 1.82) is 5.41 Å². The monoisotopic (exact) mass is 721 g/mol. The van der Waals surface area contributed by atoms with E-state index < -0.39 is 0 Å². The van der Waals surface area contributed by atoms with Crippen LogP contribution in [-0.4, -0.2) is 78.5 Å². The van der Waals surface area contributed by atoms with Crippen molar-refractivity contribution in [3.63, 3.8) is 0 Å². The zero-order valence-corrected chi connectivity index (χ0v) is 31.0. The Hall–Kier alpha value is -4.91. The number of hydrogen-bond acceptors (Lipinski definition) is 10. The van der Waals surface area contributed by atoms with Crippen molar-refractivity contribution in [2.24, 2.45) is 0 Å². The van der Waals surface area contributed by atoms with Gasteiger partial charge in [-0.25, -0.2) is 14.4 Å². The molecule has 6 N–H and O–H groups in total. The number of ether oxygens (including phenoxy) is 1. The Balaban J connectivity index is 1.13. The zero-order valence-electron chi connectivity index (χ0n) is 31.0. The molecule has 1 amide bonds. The van der Waals surface area contributed by atoms with E-state index in [0.29, 0.717) is 56.0 Å². The van der Waals surface area contributed by atoms with Crippen LogP contribution in [0.15, 0.2) is 60.7 Å². The number of aryl methyl sites for hydroxylation is 1. The number of aromatic nitrogens is 2. The minimum atomic E-state index is -0.328. The van der Waals surface area contributed by atoms with Crippen LogP contribution in [-0.2, 0) is 30.8 Å². The molecule has 4 aromatic rings. The Labute approximate surface area is 312 Å². The smallest absolute Gasteiger partial charge is 0.270 e. The molecule has 2 aliphatic rings. The van der Waals surface area contributed by atoms with E-state index in [1.54, 1.807) is 18.2 Å². The minimum absolute atomic E-state index is 0.223. The van der Waals surface area contributed by atoms with E-state index in [1.807, 2.05) is 31.2 Å². The van der Waals surface area contributed by atoms with E-state index in [1.165, 1.54) is 12.3 Å². The van der Waals surface area contributed by atoms with E-state index in [9.17, 15) is 4.79 Å². The molecule has 6 rings (SSSR count). The van der Waals surface area contributed by atoms with Gasteiger partial charge in [-0.1, -0.05) is 37.3 Å². The largest absolute Gasteiger partial charge is 0.381 e. The van der Waals surface area contributed by atoms with Gasteiger partial charge in [-0.05, 0) is 80.1 Å². The Morgan fingerprint density at radius 1 is 1.04 bits per heavy atom. The van der Waals surface area contributed by atoms with Gasteiger partial charge in [0.25, 0.3) is 5.91 Å². The van der Waals surface area contributed by atoms with Gasteiger partial charge in [-0.15, -0.1) is 0 Å². The van der Waals surface area contributed by atoms with Crippen LogP contribution in [0, 0.1) is 11.2 Å². The van der Waals surface area contributed by atoms with Crippen LogP contribution < -0.4 is 26.6 Å². The van der Waals surface area contributed by atoms with Crippen molar-refractivity contribution < 1.29 is 13.9 Å². The standard InChI is InChI=1S/C41H52FN9O2/c1-4-36-34(39(48-31-14-18-53-19-15-31)33(22-43)40(50-36)44-5-2)24-46-38-11-7-10-37(49-38)41(52)47-23-28-12-13-35(42)32(21-28)30-9-6-8-29(20-30)26-51-17-16-45-27(3)25-51/h6-13,20-22,27,31,43,45H,4-5,14-19,23-26H2,1-3H3,(H,46,49)(H,47,52)(H2,44,48,50). The molecule has 0 spiro atoms. The second-order valence-electron chi connectivity index (χ2n) is 13.8. The summed E-state index contributed by atoms with van der Waals surface area (Å²) in [6, 6.07) is 19.0. The summed E-state index contributed by atoms with van der Waals surface area (Å²) in [6.07, 6.45) is 3.83. The van der Waals surface area contributed by atoms with Crippen molar-refractivity contribution in [3.05, 3.63) is 100 Å². The van der Waals surface area contributed by atoms with Gasteiger partial charge in [-0.3, -0.25) is 9.69 Å². The van der Waals surface area contributed by atoms with Crippen LogP contribution in [0.4, 0.5) is 21.7 Å². The quantitative estimate of drug-likeness (QED) is 0.0793. The van der Waals surface area contributed by atoms with E-state index in [4.69, 9.17) is 15.1 Å². The molecular formula is C41H52FN9O2. The molecule has 2 saturated heterocycles. The molecule has 280 valence electrons. The summed E-state index contributed by atoms with van der Waals surface area (Å²) in [5, 5.41) is 25.2. The highest BCUT2D eigenvalue weighted by molar-refractivity contribution is 5.94. The fraction of sp³-hybridized carbons (Fsp3) is 0.415. The molecule has 1 unspecified atom stereocenters. The number of hydrogen-bond donors (Lipinski definition) is 6. The minimum Gasteiger partial charge on any atom is -0.381 e. The second-order valence-corrected chi connectivity index (χ2v) is 13.8. The Morgan fingerprint density at radius 3 is 2.64 bits per heavy atom. The number of halogens is 1. The van der Waals surface area contributed by atoms with E-state index in [0.717, 1.165) is 78.2 Å². The lowest BCUT2D eigenvalue weighted by atomic mass is 10.00. The molecule has 2 aromatic carbocycles. The molecule has 4 heterocycles. The van der Waals surface area contributed by atoms with Crippen molar-refractivity contribution in [2.45, 2.75) is 71.8 Å². The summed E-state index contributed by atoms with van der Waals surface area (Å²) in [5.41, 5.74) is 7.01. The molecular weight excluding hydrogens is 670 g/mol. The third kappa shape index (κ3) is 9.75. The summed E-state index contributed by atoms with van der Waals surface area (Å²) >= 11 is 0. The highest BCUT2D eigenvalue weighted by atomic mass is 19.1. The third-order valence-corrected chi connectivity index (χ3v) is 9.82. The number of anilines is 3. The van der Waals surface area contributed by atoms with Crippen molar-refractivity contribution in [2.75, 3.05) is 55.3 Å². The highest BCUT2D eigenvalue weighted by Gasteiger charge is 2.22. The first kappa shape index (κ1) is 37.8. The number of amides is 1. The topological polar surface area (TPSA) is 139 Å². The van der Waals surface area contributed by atoms with Crippen LogP contribution in [0.25, 0.3) is 11.1 Å². The summed E-state index contributed by atoms with van der Waals surface area (Å²) < 4.78 is 20.7.